The van der Waals surface area contributed by atoms with E-state index in [0.29, 0.717) is 0 Å². The van der Waals surface area contributed by atoms with E-state index in [0.717, 1.165) is 0 Å². The summed E-state index contributed by atoms with van der Waals surface area (Å²) in [4.78, 5) is 0. The molecule has 0 fully saturated rings. The third-order valence-electron chi connectivity index (χ3n) is 0.225. The molecule has 0 heterocycles. The molecular weight excluding hydrogens is 331 g/mol. The third-order valence-corrected chi connectivity index (χ3v) is 0.675. The van der Waals surface area contributed by atoms with Crippen LogP contribution in [0.1, 0.15) is 0 Å². The molecule has 3 nitrogen and oxygen atoms in total. The first kappa shape index (κ1) is 11.5. The van der Waals surface area contributed by atoms with E-state index in [1.54, 1.807) is 0 Å². The van der Waals surface area contributed by atoms with Crippen molar-refractivity contribution in [2.75, 3.05) is 0 Å². The minimum atomic E-state index is -5.07. The Kier molecular flexibility index (Phi) is 5.28. The molecule has 0 saturated carbocycles. The van der Waals surface area contributed by atoms with Crippen LogP contribution in [0.25, 0.3) is 0 Å². The SMILES string of the molecule is O=S(=O)(O)C(F)F.[Hg]. The molecule has 0 atom stereocenters. The second kappa shape index (κ2) is 3.68. The van der Waals surface area contributed by atoms with Crippen molar-refractivity contribution in [1.82, 2.24) is 0 Å². The Labute approximate surface area is 65.3 Å². The Hall–Kier alpha value is 0.705. The molecule has 46 valence electrons. The topological polar surface area (TPSA) is 54.4 Å². The average molecular weight is 333 g/mol. The van der Waals surface area contributed by atoms with Crippen LogP contribution in [-0.4, -0.2) is 18.7 Å². The van der Waals surface area contributed by atoms with Gasteiger partial charge in [0.1, 0.15) is 0 Å². The largest absolute Gasteiger partial charge is 0.361 e. The van der Waals surface area contributed by atoms with Crippen LogP contribution in [0, 0.1) is 0 Å². The van der Waals surface area contributed by atoms with Crippen LogP contribution in [0.3, 0.4) is 0 Å². The maximum Gasteiger partial charge on any atom is 0.361 e. The van der Waals surface area contributed by atoms with Crippen LogP contribution in [0.2, 0.25) is 0 Å². The minimum Gasteiger partial charge on any atom is -0.281 e. The predicted molar refractivity (Wildman–Crippen MR) is 17.6 cm³/mol. The van der Waals surface area contributed by atoms with Crippen molar-refractivity contribution in [2.24, 2.45) is 0 Å². The normalized spacial score (nSPS) is 11.0. The third kappa shape index (κ3) is 4.85. The van der Waals surface area contributed by atoms with Gasteiger partial charge in [0.25, 0.3) is 0 Å². The molecule has 0 aliphatic rings. The van der Waals surface area contributed by atoms with Gasteiger partial charge in [0, 0.05) is 27.7 Å². The van der Waals surface area contributed by atoms with Gasteiger partial charge in [-0.25, -0.2) is 0 Å². The van der Waals surface area contributed by atoms with Crippen molar-refractivity contribution in [3.05, 3.63) is 0 Å². The second-order valence-corrected chi connectivity index (χ2v) is 2.16. The number of rotatable bonds is 1. The number of hydrogen-bond donors (Lipinski definition) is 1. The fourth-order valence-electron chi connectivity index (χ4n) is 0. The monoisotopic (exact) mass is 334 g/mol. The van der Waals surface area contributed by atoms with E-state index < -0.39 is 15.9 Å². The van der Waals surface area contributed by atoms with E-state index in [1.165, 1.54) is 0 Å². The standard InChI is InChI=1S/CH2F2O3S.Hg/c2-1(3)7(4,5)6;/h1H,(H,4,5,6);. The molecule has 0 amide bonds. The summed E-state index contributed by atoms with van der Waals surface area (Å²) in [5.41, 5.74) is 0. The zero-order valence-corrected chi connectivity index (χ0v) is 10.0. The number of alkyl halides is 2. The van der Waals surface area contributed by atoms with E-state index in [1.807, 2.05) is 0 Å². The average Bonchev–Trinajstić information content (AvgIpc) is 1.31. The molecule has 0 aromatic rings. The molecule has 0 aromatic heterocycles. The molecule has 0 rings (SSSR count). The first-order valence-corrected chi connectivity index (χ1v) is 2.69. The molecule has 0 aliphatic carbocycles. The van der Waals surface area contributed by atoms with Gasteiger partial charge in [0.15, 0.2) is 0 Å². The fraction of sp³-hybridized carbons (Fsp3) is 1.00. The maximum absolute atomic E-state index is 10.7. The second-order valence-electron chi connectivity index (χ2n) is 0.776. The zero-order valence-electron chi connectivity index (χ0n) is 3.71. The molecular formula is CH2F2HgO3S. The molecule has 1 N–H and O–H groups in total. The van der Waals surface area contributed by atoms with Gasteiger partial charge in [0.2, 0.25) is 0 Å². The van der Waals surface area contributed by atoms with Gasteiger partial charge in [-0.1, -0.05) is 0 Å². The summed E-state index contributed by atoms with van der Waals surface area (Å²) in [5.74, 6) is -3.67. The zero-order chi connectivity index (χ0) is 6.08. The van der Waals surface area contributed by atoms with E-state index in [9.17, 15) is 8.78 Å². The Bertz CT molecular complexity index is 139. The summed E-state index contributed by atoms with van der Waals surface area (Å²) in [6.07, 6.45) is 0. The van der Waals surface area contributed by atoms with Crippen molar-refractivity contribution >= 4 is 10.1 Å². The van der Waals surface area contributed by atoms with Gasteiger partial charge >= 0.3 is 15.9 Å². The molecule has 0 saturated heterocycles. The molecule has 0 bridgehead atoms. The van der Waals surface area contributed by atoms with Crippen LogP contribution < -0.4 is 0 Å². The van der Waals surface area contributed by atoms with Gasteiger partial charge in [-0.3, -0.25) is 4.55 Å². The van der Waals surface area contributed by atoms with Crippen molar-refractivity contribution in [3.8, 4) is 0 Å². The van der Waals surface area contributed by atoms with Gasteiger partial charge in [-0.05, 0) is 0 Å². The van der Waals surface area contributed by atoms with E-state index in [4.69, 9.17) is 13.0 Å². The van der Waals surface area contributed by atoms with E-state index in [-0.39, 0.29) is 27.7 Å². The number of hydrogen-bond acceptors (Lipinski definition) is 2. The van der Waals surface area contributed by atoms with Crippen molar-refractivity contribution < 1.29 is 49.4 Å². The van der Waals surface area contributed by atoms with E-state index in [2.05, 4.69) is 0 Å². The summed E-state index contributed by atoms with van der Waals surface area (Å²) in [5, 5.41) is 0. The minimum absolute atomic E-state index is 0. The molecule has 7 heteroatoms. The fourth-order valence-corrected chi connectivity index (χ4v) is 0. The Morgan fingerprint density at radius 1 is 1.38 bits per heavy atom. The van der Waals surface area contributed by atoms with Gasteiger partial charge < -0.3 is 0 Å². The van der Waals surface area contributed by atoms with E-state index >= 15 is 0 Å². The quantitative estimate of drug-likeness (QED) is 0.547. The van der Waals surface area contributed by atoms with Crippen LogP contribution in [-0.2, 0) is 37.8 Å². The molecule has 8 heavy (non-hydrogen) atoms. The summed E-state index contributed by atoms with van der Waals surface area (Å²) in [6.45, 7) is 0. The van der Waals surface area contributed by atoms with Crippen molar-refractivity contribution in [2.45, 2.75) is 5.76 Å². The smallest absolute Gasteiger partial charge is 0.281 e. The van der Waals surface area contributed by atoms with Crippen molar-refractivity contribution in [1.29, 1.82) is 0 Å². The maximum atomic E-state index is 10.7. The molecule has 0 unspecified atom stereocenters. The van der Waals surface area contributed by atoms with Crippen LogP contribution in [0.4, 0.5) is 8.78 Å². The van der Waals surface area contributed by atoms with Gasteiger partial charge in [-0.2, -0.15) is 17.2 Å². The van der Waals surface area contributed by atoms with Crippen LogP contribution in [0.15, 0.2) is 0 Å². The summed E-state index contributed by atoms with van der Waals surface area (Å²) >= 11 is 0. The Balaban J connectivity index is 0. The first-order valence-electron chi connectivity index (χ1n) is 1.19. The van der Waals surface area contributed by atoms with Crippen LogP contribution >= 0.6 is 0 Å². The number of halogens is 2. The molecule has 0 spiro atoms. The first-order chi connectivity index (χ1) is 2.94. The molecule has 0 radical (unpaired) electrons. The van der Waals surface area contributed by atoms with Gasteiger partial charge in [0.05, 0.1) is 0 Å². The molecule has 0 aromatic carbocycles. The Morgan fingerprint density at radius 3 is 1.50 bits per heavy atom. The van der Waals surface area contributed by atoms with Gasteiger partial charge in [-0.15, -0.1) is 0 Å². The Morgan fingerprint density at radius 2 is 1.50 bits per heavy atom. The summed E-state index contributed by atoms with van der Waals surface area (Å²) in [6, 6.07) is 0. The summed E-state index contributed by atoms with van der Waals surface area (Å²) in [7, 11) is -5.07. The van der Waals surface area contributed by atoms with Crippen LogP contribution in [0.5, 0.6) is 0 Å². The molecule has 0 aliphatic heterocycles. The summed E-state index contributed by atoms with van der Waals surface area (Å²) < 4.78 is 47.0. The van der Waals surface area contributed by atoms with Crippen molar-refractivity contribution in [3.63, 3.8) is 0 Å². The predicted octanol–water partition coefficient (Wildman–Crippen LogP) is 0.0943.